The molecule has 2 aromatic carbocycles. The van der Waals surface area contributed by atoms with Gasteiger partial charge < -0.3 is 4.57 Å². The fraction of sp³-hybridized carbons (Fsp3) is 0.133. The van der Waals surface area contributed by atoms with Gasteiger partial charge in [-0.2, -0.15) is 0 Å². The molecule has 42 heavy (non-hydrogen) atoms. The Balaban J connectivity index is 1.35. The number of fused-ring (bicyclic) bond motifs is 2. The van der Waals surface area contributed by atoms with Gasteiger partial charge in [-0.25, -0.2) is 4.98 Å². The fourth-order valence-corrected chi connectivity index (χ4v) is 6.64. The molecular weight excluding hydrogens is 590 g/mol. The summed E-state index contributed by atoms with van der Waals surface area (Å²) in [6.45, 7) is 2.24. The lowest BCUT2D eigenvalue weighted by Crippen LogP contribution is -2.32. The normalized spacial score (nSPS) is 11.3. The Morgan fingerprint density at radius 3 is 2.64 bits per heavy atom. The second-order valence-corrected chi connectivity index (χ2v) is 12.1. The number of amides is 1. The van der Waals surface area contributed by atoms with Crippen molar-refractivity contribution in [2.24, 2.45) is 0 Å². The van der Waals surface area contributed by atoms with Crippen molar-refractivity contribution in [1.82, 2.24) is 24.1 Å². The summed E-state index contributed by atoms with van der Waals surface area (Å²) in [6, 6.07) is 22.5. The summed E-state index contributed by atoms with van der Waals surface area (Å²) in [5.74, 6) is 0.0539. The van der Waals surface area contributed by atoms with Gasteiger partial charge in [0.15, 0.2) is 4.34 Å². The molecular formula is C30H24ClN7O2S2. The quantitative estimate of drug-likeness (QED) is 0.129. The molecule has 12 heteroatoms. The van der Waals surface area contributed by atoms with Crippen LogP contribution < -0.4 is 16.4 Å². The molecule has 2 N–H and O–H groups in total. The van der Waals surface area contributed by atoms with Crippen LogP contribution in [0.1, 0.15) is 27.0 Å². The second-order valence-electron chi connectivity index (χ2n) is 9.54. The summed E-state index contributed by atoms with van der Waals surface area (Å²) in [4.78, 5) is 31.9. The molecule has 6 rings (SSSR count). The van der Waals surface area contributed by atoms with Gasteiger partial charge in [0, 0.05) is 23.5 Å². The number of carbonyl (C=O) groups excluding carboxylic acids is 1. The van der Waals surface area contributed by atoms with Crippen LogP contribution in [0.25, 0.3) is 16.7 Å². The molecule has 4 aromatic heterocycles. The maximum Gasteiger partial charge on any atom is 0.267 e. The summed E-state index contributed by atoms with van der Waals surface area (Å²) < 4.78 is 3.77. The van der Waals surface area contributed by atoms with Crippen LogP contribution in [0.4, 0.5) is 5.13 Å². The SMILES string of the molecule is Cc1cccn2c(=O)c3cc(C(=O)Nc4nnc(SCc5ccccc5Cl)s4)c(=N)n(CCc4ccccc4)c3nc12. The standard InChI is InChI=1S/C30H24ClN7O2S2/c1-18-8-7-14-38-25(18)33-26-22(28(38)40)16-21(24(32)37(26)15-13-19-9-3-2-4-10-19)27(39)34-29-35-36-30(42-29)41-17-20-11-5-6-12-23(20)31/h2-12,14,16,32H,13,15,17H2,1H3,(H,34,35,39). The molecule has 0 saturated carbocycles. The molecule has 0 aliphatic heterocycles. The summed E-state index contributed by atoms with van der Waals surface area (Å²) in [7, 11) is 0. The van der Waals surface area contributed by atoms with E-state index in [2.05, 4.69) is 15.5 Å². The van der Waals surface area contributed by atoms with E-state index < -0.39 is 5.91 Å². The van der Waals surface area contributed by atoms with E-state index in [1.54, 1.807) is 16.8 Å². The Bertz CT molecular complexity index is 2070. The highest BCUT2D eigenvalue weighted by Gasteiger charge is 2.19. The van der Waals surface area contributed by atoms with E-state index in [1.165, 1.54) is 33.6 Å². The van der Waals surface area contributed by atoms with Gasteiger partial charge in [0.25, 0.3) is 11.5 Å². The first kappa shape index (κ1) is 27.8. The Morgan fingerprint density at radius 2 is 1.83 bits per heavy atom. The average Bonchev–Trinajstić information content (AvgIpc) is 3.44. The number of benzene rings is 2. The number of pyridine rings is 2. The first-order valence-corrected chi connectivity index (χ1v) is 15.2. The number of anilines is 1. The van der Waals surface area contributed by atoms with Gasteiger partial charge in [-0.15, -0.1) is 10.2 Å². The van der Waals surface area contributed by atoms with Crippen LogP contribution in [0, 0.1) is 12.3 Å². The molecule has 0 atom stereocenters. The topological polar surface area (TPSA) is 118 Å². The third-order valence-corrected chi connectivity index (χ3v) is 9.17. The van der Waals surface area contributed by atoms with Crippen LogP contribution in [0.2, 0.25) is 5.02 Å². The van der Waals surface area contributed by atoms with Gasteiger partial charge >= 0.3 is 0 Å². The summed E-state index contributed by atoms with van der Waals surface area (Å²) >= 11 is 8.95. The lowest BCUT2D eigenvalue weighted by atomic mass is 10.1. The Morgan fingerprint density at radius 1 is 1.05 bits per heavy atom. The van der Waals surface area contributed by atoms with Gasteiger partial charge in [0.05, 0.1) is 10.9 Å². The predicted molar refractivity (Wildman–Crippen MR) is 167 cm³/mol. The molecule has 0 bridgehead atoms. The van der Waals surface area contributed by atoms with Crippen molar-refractivity contribution < 1.29 is 4.79 Å². The van der Waals surface area contributed by atoms with Crippen LogP contribution in [0.3, 0.4) is 0 Å². The van der Waals surface area contributed by atoms with Crippen LogP contribution in [0.15, 0.2) is 88.1 Å². The number of rotatable bonds is 8. The van der Waals surface area contributed by atoms with Crippen molar-refractivity contribution in [1.29, 1.82) is 5.41 Å². The molecule has 0 aliphatic rings. The van der Waals surface area contributed by atoms with Gasteiger partial charge in [0.2, 0.25) is 5.13 Å². The molecule has 210 valence electrons. The van der Waals surface area contributed by atoms with Crippen LogP contribution in [-0.2, 0) is 18.7 Å². The minimum absolute atomic E-state index is 0.0430. The Hall–Kier alpha value is -4.32. The van der Waals surface area contributed by atoms with Crippen LogP contribution in [0.5, 0.6) is 0 Å². The van der Waals surface area contributed by atoms with Crippen molar-refractivity contribution in [3.05, 3.63) is 122 Å². The van der Waals surface area contributed by atoms with E-state index in [0.717, 1.165) is 16.7 Å². The molecule has 0 spiro atoms. The minimum Gasteiger partial charge on any atom is -0.310 e. The first-order valence-electron chi connectivity index (χ1n) is 13.0. The highest BCUT2D eigenvalue weighted by Crippen LogP contribution is 2.30. The molecule has 0 saturated heterocycles. The monoisotopic (exact) mass is 613 g/mol. The van der Waals surface area contributed by atoms with E-state index in [1.807, 2.05) is 67.6 Å². The number of thioether (sulfide) groups is 1. The zero-order valence-corrected chi connectivity index (χ0v) is 24.8. The minimum atomic E-state index is -0.553. The van der Waals surface area contributed by atoms with Gasteiger partial charge in [0.1, 0.15) is 16.8 Å². The third kappa shape index (κ3) is 5.58. The third-order valence-electron chi connectivity index (χ3n) is 6.78. The number of nitrogens with one attached hydrogen (secondary N) is 2. The molecule has 0 fully saturated rings. The molecule has 6 aromatic rings. The zero-order valence-electron chi connectivity index (χ0n) is 22.4. The molecule has 4 heterocycles. The lowest BCUT2D eigenvalue weighted by Gasteiger charge is -2.15. The molecule has 0 radical (unpaired) electrons. The van der Waals surface area contributed by atoms with Crippen molar-refractivity contribution in [3.8, 4) is 0 Å². The van der Waals surface area contributed by atoms with E-state index in [9.17, 15) is 9.59 Å². The highest BCUT2D eigenvalue weighted by molar-refractivity contribution is 8.00. The number of nitrogens with zero attached hydrogens (tertiary/aromatic N) is 5. The van der Waals surface area contributed by atoms with E-state index in [4.69, 9.17) is 22.0 Å². The van der Waals surface area contributed by atoms with Gasteiger partial charge in [-0.3, -0.25) is 24.7 Å². The molecule has 0 aliphatic carbocycles. The summed E-state index contributed by atoms with van der Waals surface area (Å²) in [5, 5.41) is 21.3. The maximum absolute atomic E-state index is 13.6. The number of hydrogen-bond acceptors (Lipinski definition) is 8. The number of hydrogen-bond donors (Lipinski definition) is 2. The predicted octanol–water partition coefficient (Wildman–Crippen LogP) is 5.73. The van der Waals surface area contributed by atoms with Crippen LogP contribution >= 0.6 is 34.7 Å². The van der Waals surface area contributed by atoms with Crippen molar-refractivity contribution >= 4 is 62.4 Å². The van der Waals surface area contributed by atoms with E-state index in [0.29, 0.717) is 44.5 Å². The first-order chi connectivity index (χ1) is 20.4. The summed E-state index contributed by atoms with van der Waals surface area (Å²) in [5.41, 5.74) is 3.44. The smallest absolute Gasteiger partial charge is 0.267 e. The second kappa shape index (κ2) is 11.9. The largest absolute Gasteiger partial charge is 0.310 e. The zero-order chi connectivity index (χ0) is 29.2. The number of aryl methyl sites for hydroxylation is 3. The van der Waals surface area contributed by atoms with Crippen molar-refractivity contribution in [2.75, 3.05) is 5.32 Å². The average molecular weight is 614 g/mol. The number of halogens is 1. The molecule has 9 nitrogen and oxygen atoms in total. The molecule has 1 amide bonds. The fourth-order valence-electron chi connectivity index (χ4n) is 4.61. The highest BCUT2D eigenvalue weighted by atomic mass is 35.5. The lowest BCUT2D eigenvalue weighted by molar-refractivity contribution is 0.102. The number of aromatic nitrogens is 5. The Kier molecular flexibility index (Phi) is 7.88. The van der Waals surface area contributed by atoms with E-state index in [-0.39, 0.29) is 22.0 Å². The number of carbonyl (C=O) groups is 1. The summed E-state index contributed by atoms with van der Waals surface area (Å²) in [6.07, 6.45) is 2.25. The Labute approximate surface area is 253 Å². The van der Waals surface area contributed by atoms with Gasteiger partial charge in [-0.05, 0) is 48.2 Å². The van der Waals surface area contributed by atoms with Crippen molar-refractivity contribution in [3.63, 3.8) is 0 Å². The molecule has 0 unspecified atom stereocenters. The maximum atomic E-state index is 13.6. The van der Waals surface area contributed by atoms with Gasteiger partial charge in [-0.1, -0.05) is 89.3 Å². The van der Waals surface area contributed by atoms with E-state index >= 15 is 0 Å². The van der Waals surface area contributed by atoms with Crippen molar-refractivity contribution in [2.45, 2.75) is 30.0 Å². The van der Waals surface area contributed by atoms with Crippen LogP contribution in [-0.4, -0.2) is 30.1 Å².